The van der Waals surface area contributed by atoms with Crippen LogP contribution in [0.2, 0.25) is 0 Å². The van der Waals surface area contributed by atoms with Crippen molar-refractivity contribution in [2.24, 2.45) is 5.73 Å². The maximum absolute atomic E-state index is 14.8. The summed E-state index contributed by atoms with van der Waals surface area (Å²) >= 11 is 0. The number of aromatic nitrogens is 5. The first-order valence-electron chi connectivity index (χ1n) is 14.3. The summed E-state index contributed by atoms with van der Waals surface area (Å²) in [6, 6.07) is 10.6. The zero-order valence-corrected chi connectivity index (χ0v) is 23.8. The molecule has 1 aliphatic heterocycles. The lowest BCUT2D eigenvalue weighted by Crippen LogP contribution is -2.40. The van der Waals surface area contributed by atoms with E-state index in [9.17, 15) is 13.2 Å². The molecule has 1 aliphatic rings. The molecule has 5 heterocycles. The zero-order valence-electron chi connectivity index (χ0n) is 23.8. The number of aromatic amines is 1. The van der Waals surface area contributed by atoms with Crippen LogP contribution in [0.3, 0.4) is 0 Å². The Kier molecular flexibility index (Phi) is 6.65. The molecule has 0 bridgehead atoms. The summed E-state index contributed by atoms with van der Waals surface area (Å²) in [6.07, 6.45) is 8.68. The molecule has 0 amide bonds. The highest BCUT2D eigenvalue weighted by Gasteiger charge is 2.28. The molecule has 0 aliphatic carbocycles. The molecule has 7 nitrogen and oxygen atoms in total. The SMILES string of the molecule is Cc1ccc(C(C)n2cc(-c3ccc(F)c4[nH]ncc34)c3c(N4CCC(N)CC4)c(-c4cc(F)cc(F)c4)cnc32)nc1. The first-order valence-corrected chi connectivity index (χ1v) is 14.3. The average molecular weight is 582 g/mol. The minimum Gasteiger partial charge on any atom is -0.370 e. The van der Waals surface area contributed by atoms with Gasteiger partial charge in [-0.3, -0.25) is 10.1 Å². The monoisotopic (exact) mass is 581 g/mol. The van der Waals surface area contributed by atoms with Gasteiger partial charge in [0.25, 0.3) is 0 Å². The number of piperidine rings is 1. The topological polar surface area (TPSA) is 88.7 Å². The third kappa shape index (κ3) is 4.71. The Hall–Kier alpha value is -4.70. The Morgan fingerprint density at radius 2 is 1.67 bits per heavy atom. The smallest absolute Gasteiger partial charge is 0.148 e. The Morgan fingerprint density at radius 3 is 2.40 bits per heavy atom. The van der Waals surface area contributed by atoms with Gasteiger partial charge in [-0.15, -0.1) is 0 Å². The van der Waals surface area contributed by atoms with Gasteiger partial charge in [-0.2, -0.15) is 5.10 Å². The molecule has 1 atom stereocenters. The minimum atomic E-state index is -0.669. The maximum atomic E-state index is 14.8. The molecule has 1 saturated heterocycles. The lowest BCUT2D eigenvalue weighted by molar-refractivity contribution is 0.502. The molecule has 0 spiro atoms. The van der Waals surface area contributed by atoms with Gasteiger partial charge in [0.15, 0.2) is 0 Å². The molecule has 1 fully saturated rings. The third-order valence-electron chi connectivity index (χ3n) is 8.48. The van der Waals surface area contributed by atoms with Crippen molar-refractivity contribution in [3.05, 3.63) is 96.0 Å². The fourth-order valence-electron chi connectivity index (χ4n) is 6.18. The van der Waals surface area contributed by atoms with Crippen molar-refractivity contribution in [2.75, 3.05) is 18.0 Å². The van der Waals surface area contributed by atoms with Gasteiger partial charge in [0, 0.05) is 60.3 Å². The molecule has 3 N–H and O–H groups in total. The number of nitrogens with two attached hydrogens (primary N) is 1. The van der Waals surface area contributed by atoms with Gasteiger partial charge in [0.2, 0.25) is 0 Å². The van der Waals surface area contributed by atoms with Crippen LogP contribution in [0.1, 0.15) is 37.1 Å². The molecule has 218 valence electrons. The van der Waals surface area contributed by atoms with Crippen LogP contribution < -0.4 is 10.6 Å². The quantitative estimate of drug-likeness (QED) is 0.231. The maximum Gasteiger partial charge on any atom is 0.148 e. The highest BCUT2D eigenvalue weighted by molar-refractivity contribution is 6.11. The summed E-state index contributed by atoms with van der Waals surface area (Å²) < 4.78 is 46.0. The second-order valence-electron chi connectivity index (χ2n) is 11.3. The summed E-state index contributed by atoms with van der Waals surface area (Å²) in [5.74, 6) is -1.74. The molecule has 0 saturated carbocycles. The van der Waals surface area contributed by atoms with E-state index >= 15 is 0 Å². The zero-order chi connectivity index (χ0) is 29.8. The van der Waals surface area contributed by atoms with E-state index in [1.54, 1.807) is 18.5 Å². The lowest BCUT2D eigenvalue weighted by Gasteiger charge is -2.34. The van der Waals surface area contributed by atoms with E-state index < -0.39 is 17.5 Å². The van der Waals surface area contributed by atoms with Crippen molar-refractivity contribution in [3.63, 3.8) is 0 Å². The summed E-state index contributed by atoms with van der Waals surface area (Å²) in [5.41, 5.74) is 12.5. The fourth-order valence-corrected chi connectivity index (χ4v) is 6.18. The van der Waals surface area contributed by atoms with E-state index in [1.165, 1.54) is 18.2 Å². The second kappa shape index (κ2) is 10.5. The highest BCUT2D eigenvalue weighted by atomic mass is 19.1. The molecule has 10 heteroatoms. The van der Waals surface area contributed by atoms with Crippen molar-refractivity contribution in [1.29, 1.82) is 0 Å². The van der Waals surface area contributed by atoms with Crippen LogP contribution in [0.15, 0.2) is 67.3 Å². The molecular formula is C33H30F3N7. The first-order chi connectivity index (χ1) is 20.8. The molecule has 7 rings (SSSR count). The number of halogens is 3. The number of hydrogen-bond donors (Lipinski definition) is 2. The Labute approximate surface area is 246 Å². The second-order valence-corrected chi connectivity index (χ2v) is 11.3. The van der Waals surface area contributed by atoms with Gasteiger partial charge in [-0.25, -0.2) is 18.2 Å². The number of pyridine rings is 2. The van der Waals surface area contributed by atoms with Crippen molar-refractivity contribution >= 4 is 27.6 Å². The predicted octanol–water partition coefficient (Wildman–Crippen LogP) is 6.90. The van der Waals surface area contributed by atoms with Crippen LogP contribution >= 0.6 is 0 Å². The van der Waals surface area contributed by atoms with Gasteiger partial charge in [0.05, 0.1) is 29.0 Å². The van der Waals surface area contributed by atoms with Gasteiger partial charge < -0.3 is 15.2 Å². The molecular weight excluding hydrogens is 551 g/mol. The van der Waals surface area contributed by atoms with Crippen molar-refractivity contribution in [3.8, 4) is 22.3 Å². The van der Waals surface area contributed by atoms with Gasteiger partial charge >= 0.3 is 0 Å². The van der Waals surface area contributed by atoms with E-state index in [4.69, 9.17) is 10.7 Å². The summed E-state index contributed by atoms with van der Waals surface area (Å²) in [7, 11) is 0. The molecule has 43 heavy (non-hydrogen) atoms. The molecule has 1 unspecified atom stereocenters. The molecule has 2 aromatic carbocycles. The highest BCUT2D eigenvalue weighted by Crippen LogP contribution is 2.46. The number of aryl methyl sites for hydroxylation is 1. The van der Waals surface area contributed by atoms with Gasteiger partial charge in [0.1, 0.15) is 28.6 Å². The van der Waals surface area contributed by atoms with Crippen LogP contribution in [0.25, 0.3) is 44.2 Å². The van der Waals surface area contributed by atoms with Crippen molar-refractivity contribution in [1.82, 2.24) is 24.7 Å². The van der Waals surface area contributed by atoms with E-state index in [0.717, 1.165) is 52.4 Å². The van der Waals surface area contributed by atoms with Crippen molar-refractivity contribution in [2.45, 2.75) is 38.8 Å². The Morgan fingerprint density at radius 1 is 0.907 bits per heavy atom. The van der Waals surface area contributed by atoms with E-state index in [0.29, 0.717) is 40.8 Å². The minimum absolute atomic E-state index is 0.0722. The Balaban J connectivity index is 1.57. The van der Waals surface area contributed by atoms with Crippen LogP contribution in [0.5, 0.6) is 0 Å². The van der Waals surface area contributed by atoms with Crippen LogP contribution in [0.4, 0.5) is 18.9 Å². The van der Waals surface area contributed by atoms with E-state index in [2.05, 4.69) is 31.6 Å². The molecule has 4 aromatic heterocycles. The largest absolute Gasteiger partial charge is 0.370 e. The van der Waals surface area contributed by atoms with Gasteiger partial charge in [-0.05, 0) is 67.6 Å². The number of H-pyrrole nitrogens is 1. The van der Waals surface area contributed by atoms with Crippen LogP contribution in [-0.2, 0) is 0 Å². The summed E-state index contributed by atoms with van der Waals surface area (Å²) in [4.78, 5) is 11.8. The number of benzene rings is 2. The lowest BCUT2D eigenvalue weighted by atomic mass is 9.95. The first kappa shape index (κ1) is 27.2. The van der Waals surface area contributed by atoms with E-state index in [-0.39, 0.29) is 12.1 Å². The van der Waals surface area contributed by atoms with Crippen LogP contribution in [0, 0.1) is 24.4 Å². The predicted molar refractivity (Wildman–Crippen MR) is 162 cm³/mol. The summed E-state index contributed by atoms with van der Waals surface area (Å²) in [5, 5.41) is 8.32. The summed E-state index contributed by atoms with van der Waals surface area (Å²) in [6.45, 7) is 5.37. The number of nitrogens with zero attached hydrogens (tertiary/aromatic N) is 5. The fraction of sp³-hybridized carbons (Fsp3) is 0.242. The standard InChI is InChI=1S/C33H30F3N7/c1-18-3-6-29(38-14-18)19(2)43-17-27(24-4-5-28(36)31-26(24)16-40-41-31)30-32(42-9-7-23(37)8-10-42)25(15-39-33(30)43)20-11-21(34)13-22(35)12-20/h3-6,11-17,19,23H,7-10,37H2,1-2H3,(H,40,41). The van der Waals surface area contributed by atoms with Crippen molar-refractivity contribution < 1.29 is 13.2 Å². The number of fused-ring (bicyclic) bond motifs is 2. The molecule has 0 radical (unpaired) electrons. The number of hydrogen-bond acceptors (Lipinski definition) is 5. The number of nitrogens with one attached hydrogen (secondary N) is 1. The third-order valence-corrected chi connectivity index (χ3v) is 8.48. The normalized spacial score (nSPS) is 15.1. The Bertz CT molecular complexity index is 1950. The number of rotatable bonds is 5. The van der Waals surface area contributed by atoms with Crippen LogP contribution in [-0.4, -0.2) is 43.9 Å². The van der Waals surface area contributed by atoms with Gasteiger partial charge in [-0.1, -0.05) is 12.1 Å². The number of anilines is 1. The van der Waals surface area contributed by atoms with E-state index in [1.807, 2.05) is 31.5 Å². The average Bonchev–Trinajstić information content (AvgIpc) is 3.64. The molecule has 6 aromatic rings.